The number of aliphatic hydroxyl groups excluding tert-OH is 2. The van der Waals surface area contributed by atoms with Gasteiger partial charge < -0.3 is 20.3 Å². The Morgan fingerprint density at radius 1 is 0.373 bits per heavy atom. The van der Waals surface area contributed by atoms with Crippen LogP contribution >= 0.6 is 0 Å². The number of rotatable bonds is 62. The van der Waals surface area contributed by atoms with Crippen LogP contribution in [0.4, 0.5) is 0 Å². The van der Waals surface area contributed by atoms with E-state index in [0.717, 1.165) is 64.2 Å². The topological polar surface area (TPSA) is 95.9 Å². The molecular formula is C69H129NO5. The molecule has 0 aromatic heterocycles. The quantitative estimate of drug-likeness (QED) is 0.0320. The fourth-order valence-corrected chi connectivity index (χ4v) is 10.2. The lowest BCUT2D eigenvalue weighted by Crippen LogP contribution is -2.45. The molecule has 6 heteroatoms. The highest BCUT2D eigenvalue weighted by Gasteiger charge is 2.18. The van der Waals surface area contributed by atoms with Gasteiger partial charge in [-0.3, -0.25) is 9.59 Å². The van der Waals surface area contributed by atoms with Crippen LogP contribution in [0.2, 0.25) is 0 Å². The lowest BCUT2D eigenvalue weighted by molar-refractivity contribution is -0.143. The van der Waals surface area contributed by atoms with Crippen molar-refractivity contribution in [2.24, 2.45) is 0 Å². The Labute approximate surface area is 467 Å². The molecule has 440 valence electrons. The van der Waals surface area contributed by atoms with Gasteiger partial charge in [0.25, 0.3) is 0 Å². The molecule has 0 heterocycles. The Hall–Kier alpha value is -2.18. The third-order valence-electron chi connectivity index (χ3n) is 15.3. The summed E-state index contributed by atoms with van der Waals surface area (Å²) in [6, 6.07) is -0.640. The Bertz CT molecular complexity index is 1260. The number of allylic oxidation sites excluding steroid dienone is 7. The molecule has 0 saturated carbocycles. The number of hydrogen-bond acceptors (Lipinski definition) is 5. The fraction of sp³-hybridized carbons (Fsp3) is 0.855. The van der Waals surface area contributed by atoms with Gasteiger partial charge in [0, 0.05) is 12.8 Å². The largest absolute Gasteiger partial charge is 0.466 e. The van der Waals surface area contributed by atoms with E-state index in [4.69, 9.17) is 4.74 Å². The minimum absolute atomic E-state index is 0.0159. The number of carbonyl (C=O) groups excluding carboxylic acids is 2. The second-order valence-electron chi connectivity index (χ2n) is 22.8. The Kier molecular flexibility index (Phi) is 62.5. The third-order valence-corrected chi connectivity index (χ3v) is 15.3. The monoisotopic (exact) mass is 1050 g/mol. The number of hydrogen-bond donors (Lipinski definition) is 3. The molecule has 0 rings (SSSR count). The van der Waals surface area contributed by atoms with E-state index in [-0.39, 0.29) is 18.5 Å². The van der Waals surface area contributed by atoms with Crippen LogP contribution in [0.15, 0.2) is 48.6 Å². The molecule has 0 bridgehead atoms. The predicted molar refractivity (Wildman–Crippen MR) is 329 cm³/mol. The lowest BCUT2D eigenvalue weighted by atomic mass is 10.0. The summed E-state index contributed by atoms with van der Waals surface area (Å²) in [5, 5.41) is 23.2. The molecule has 0 aliphatic carbocycles. The van der Waals surface area contributed by atoms with Crippen molar-refractivity contribution in [2.45, 2.75) is 366 Å². The van der Waals surface area contributed by atoms with Gasteiger partial charge in [0.1, 0.15) is 0 Å². The molecule has 0 aliphatic rings. The molecule has 6 nitrogen and oxygen atoms in total. The van der Waals surface area contributed by atoms with E-state index < -0.39 is 12.1 Å². The van der Waals surface area contributed by atoms with Crippen LogP contribution in [0.3, 0.4) is 0 Å². The average Bonchev–Trinajstić information content (AvgIpc) is 3.41. The Morgan fingerprint density at radius 3 is 1.04 bits per heavy atom. The van der Waals surface area contributed by atoms with Crippen molar-refractivity contribution in [3.05, 3.63) is 48.6 Å². The van der Waals surface area contributed by atoms with Crippen LogP contribution in [0.1, 0.15) is 354 Å². The minimum Gasteiger partial charge on any atom is -0.466 e. The predicted octanol–water partition coefficient (Wildman–Crippen LogP) is 21.3. The Morgan fingerprint density at radius 2 is 0.667 bits per heavy atom. The van der Waals surface area contributed by atoms with Gasteiger partial charge in [-0.1, -0.05) is 300 Å². The van der Waals surface area contributed by atoms with Crippen LogP contribution in [-0.2, 0) is 14.3 Å². The van der Waals surface area contributed by atoms with Gasteiger partial charge in [-0.05, 0) is 89.9 Å². The summed E-state index contributed by atoms with van der Waals surface area (Å²) < 4.78 is 5.47. The minimum atomic E-state index is -0.855. The molecule has 0 radical (unpaired) electrons. The highest BCUT2D eigenvalue weighted by Crippen LogP contribution is 2.17. The summed E-state index contributed by atoms with van der Waals surface area (Å²) >= 11 is 0. The van der Waals surface area contributed by atoms with Gasteiger partial charge in [-0.2, -0.15) is 0 Å². The van der Waals surface area contributed by atoms with Crippen molar-refractivity contribution in [2.75, 3.05) is 13.2 Å². The normalized spacial score (nSPS) is 12.9. The second kappa shape index (κ2) is 64.3. The maximum Gasteiger partial charge on any atom is 0.305 e. The van der Waals surface area contributed by atoms with Gasteiger partial charge in [0.15, 0.2) is 0 Å². The number of aliphatic hydroxyl groups is 2. The average molecular weight is 1050 g/mol. The molecule has 0 aliphatic heterocycles. The van der Waals surface area contributed by atoms with Crippen molar-refractivity contribution in [1.82, 2.24) is 5.32 Å². The summed E-state index contributed by atoms with van der Waals surface area (Å²) in [6.07, 6.45) is 83.0. The summed E-state index contributed by atoms with van der Waals surface area (Å²) in [5.41, 5.74) is 0. The highest BCUT2D eigenvalue weighted by molar-refractivity contribution is 5.76. The first-order valence-corrected chi connectivity index (χ1v) is 33.4. The number of nitrogens with one attached hydrogen (secondary N) is 1. The van der Waals surface area contributed by atoms with Crippen molar-refractivity contribution >= 4 is 11.9 Å². The molecule has 75 heavy (non-hydrogen) atoms. The van der Waals surface area contributed by atoms with E-state index >= 15 is 0 Å². The van der Waals surface area contributed by atoms with Crippen molar-refractivity contribution in [3.63, 3.8) is 0 Å². The molecule has 0 aromatic carbocycles. The third kappa shape index (κ3) is 60.9. The molecular weight excluding hydrogens is 923 g/mol. The first-order valence-electron chi connectivity index (χ1n) is 33.4. The molecule has 3 N–H and O–H groups in total. The fourth-order valence-electron chi connectivity index (χ4n) is 10.2. The lowest BCUT2D eigenvalue weighted by Gasteiger charge is -2.20. The zero-order valence-electron chi connectivity index (χ0n) is 50.3. The summed E-state index contributed by atoms with van der Waals surface area (Å²) in [7, 11) is 0. The maximum absolute atomic E-state index is 12.5. The number of carbonyl (C=O) groups is 2. The number of esters is 1. The number of unbranched alkanes of at least 4 members (excludes halogenated alkanes) is 45. The van der Waals surface area contributed by atoms with Crippen LogP contribution in [0, 0.1) is 0 Å². The summed E-state index contributed by atoms with van der Waals surface area (Å²) in [4.78, 5) is 24.6. The van der Waals surface area contributed by atoms with Gasteiger partial charge in [0.2, 0.25) is 5.91 Å². The molecule has 0 saturated heterocycles. The molecule has 0 fully saturated rings. The van der Waals surface area contributed by atoms with Gasteiger partial charge in [0.05, 0.1) is 25.4 Å². The SMILES string of the molecule is CCCCCC/C=C\C/C=C\CCCCCCCC(=O)OCCCCCCCC/C=C\CCCCCCCCCC(=O)NC(CO)C(O)/C=C/CCCCCCCCCCCCCCCCCCCCCCCCC. The number of ether oxygens (including phenoxy) is 1. The van der Waals surface area contributed by atoms with Crippen LogP contribution in [0.25, 0.3) is 0 Å². The summed E-state index contributed by atoms with van der Waals surface area (Å²) in [5.74, 6) is -0.0936. The Balaban J connectivity index is 3.49. The van der Waals surface area contributed by atoms with Crippen molar-refractivity contribution in [1.29, 1.82) is 0 Å². The zero-order chi connectivity index (χ0) is 54.3. The van der Waals surface area contributed by atoms with E-state index in [1.165, 1.54) is 263 Å². The van der Waals surface area contributed by atoms with E-state index in [2.05, 4.69) is 55.6 Å². The molecule has 2 unspecified atom stereocenters. The molecule has 2 atom stereocenters. The molecule has 0 spiro atoms. The van der Waals surface area contributed by atoms with Crippen molar-refractivity contribution < 1.29 is 24.5 Å². The van der Waals surface area contributed by atoms with Crippen molar-refractivity contribution in [3.8, 4) is 0 Å². The second-order valence-corrected chi connectivity index (χ2v) is 22.8. The first-order chi connectivity index (χ1) is 37.0. The smallest absolute Gasteiger partial charge is 0.305 e. The highest BCUT2D eigenvalue weighted by atomic mass is 16.5. The van der Waals surface area contributed by atoms with Crippen LogP contribution < -0.4 is 5.32 Å². The van der Waals surface area contributed by atoms with Crippen LogP contribution in [0.5, 0.6) is 0 Å². The van der Waals surface area contributed by atoms with Crippen LogP contribution in [-0.4, -0.2) is 47.4 Å². The maximum atomic E-state index is 12.5. The first kappa shape index (κ1) is 72.8. The number of amides is 1. The van der Waals surface area contributed by atoms with Gasteiger partial charge in [-0.15, -0.1) is 0 Å². The molecule has 0 aromatic rings. The van der Waals surface area contributed by atoms with E-state index in [9.17, 15) is 19.8 Å². The van der Waals surface area contributed by atoms with Gasteiger partial charge in [-0.25, -0.2) is 0 Å². The van der Waals surface area contributed by atoms with E-state index in [0.29, 0.717) is 19.4 Å². The molecule has 1 amide bonds. The van der Waals surface area contributed by atoms with E-state index in [1.807, 2.05) is 6.08 Å². The zero-order valence-corrected chi connectivity index (χ0v) is 50.3. The standard InChI is InChI=1S/C69H129NO5/c1-3-5-7-9-11-13-15-17-19-21-22-23-24-25-26-27-28-30-33-37-41-45-49-53-57-61-67(72)66(65-71)70-68(73)62-58-54-50-46-42-38-34-31-29-32-36-40-44-48-52-56-60-64-75-69(74)63-59-55-51-47-43-39-35-20-18-16-14-12-10-8-6-4-2/h14,16,20,29,32,35,57,61,66-67,71-72H,3-13,15,17-19,21-28,30-31,33-34,36-56,58-60,62-65H2,1-2H3,(H,70,73)/b16-14-,32-29-,35-20-,61-57+. The summed E-state index contributed by atoms with van der Waals surface area (Å²) in [6.45, 7) is 4.88. The van der Waals surface area contributed by atoms with E-state index in [1.54, 1.807) is 6.08 Å². The van der Waals surface area contributed by atoms with Gasteiger partial charge >= 0.3 is 5.97 Å².